The Kier molecular flexibility index (Phi) is 3.83. The number of hydrogen-bond donors (Lipinski definition) is 0. The van der Waals surface area contributed by atoms with Crippen molar-refractivity contribution < 1.29 is 9.59 Å². The van der Waals surface area contributed by atoms with Gasteiger partial charge in [-0.1, -0.05) is 6.07 Å². The molecule has 1 rings (SSSR count). The number of rotatable bonds is 4. The van der Waals surface area contributed by atoms with Crippen molar-refractivity contribution in [3.8, 4) is 0 Å². The fraction of sp³-hybridized carbons (Fsp3) is 0.400. The Labute approximate surface area is 87.3 Å². The molecule has 0 unspecified atom stereocenters. The van der Waals surface area contributed by atoms with Gasteiger partial charge in [-0.15, -0.1) is 11.3 Å². The summed E-state index contributed by atoms with van der Waals surface area (Å²) in [6, 6.07) is 3.62. The number of carbonyl (C=O) groups is 2. The van der Waals surface area contributed by atoms with Crippen LogP contribution >= 0.6 is 11.3 Å². The van der Waals surface area contributed by atoms with Crippen LogP contribution in [0.1, 0.15) is 22.5 Å². The van der Waals surface area contributed by atoms with Crippen LogP contribution in [0.3, 0.4) is 0 Å². The van der Waals surface area contributed by atoms with Crippen molar-refractivity contribution in [1.29, 1.82) is 0 Å². The van der Waals surface area contributed by atoms with Gasteiger partial charge >= 0.3 is 0 Å². The van der Waals surface area contributed by atoms with Gasteiger partial charge < -0.3 is 4.90 Å². The van der Waals surface area contributed by atoms with Crippen LogP contribution in [0.2, 0.25) is 0 Å². The Morgan fingerprint density at radius 1 is 1.36 bits per heavy atom. The van der Waals surface area contributed by atoms with Crippen molar-refractivity contribution in [3.63, 3.8) is 0 Å². The van der Waals surface area contributed by atoms with Gasteiger partial charge in [-0.05, 0) is 11.4 Å². The average molecular weight is 211 g/mol. The zero-order valence-electron chi connectivity index (χ0n) is 8.32. The molecule has 14 heavy (non-hydrogen) atoms. The average Bonchev–Trinajstić information content (AvgIpc) is 2.66. The molecule has 76 valence electrons. The Balaban J connectivity index is 2.40. The van der Waals surface area contributed by atoms with Crippen LogP contribution in [0.25, 0.3) is 0 Å². The quantitative estimate of drug-likeness (QED) is 0.712. The first-order valence-corrected chi connectivity index (χ1v) is 5.26. The van der Waals surface area contributed by atoms with Crippen molar-refractivity contribution >= 4 is 23.0 Å². The number of Topliss-reactive ketones (excluding diaryl/α,β-unsaturated/α-hetero) is 1. The van der Waals surface area contributed by atoms with E-state index >= 15 is 0 Å². The summed E-state index contributed by atoms with van der Waals surface area (Å²) in [6.07, 6.45) is 0.598. The van der Waals surface area contributed by atoms with Gasteiger partial charge in [0.15, 0.2) is 5.78 Å². The number of nitrogens with zero attached hydrogens (tertiary/aromatic N) is 1. The third kappa shape index (κ3) is 2.96. The normalized spacial score (nSPS) is 9.86. The molecule has 0 N–H and O–H groups in total. The van der Waals surface area contributed by atoms with Gasteiger partial charge in [0.2, 0.25) is 5.91 Å². The zero-order valence-corrected chi connectivity index (χ0v) is 9.13. The molecule has 0 saturated carbocycles. The number of thiophene rings is 1. The first-order valence-electron chi connectivity index (χ1n) is 4.38. The highest BCUT2D eigenvalue weighted by Gasteiger charge is 2.10. The Bertz CT molecular complexity index is 317. The lowest BCUT2D eigenvalue weighted by molar-refractivity contribution is -0.128. The summed E-state index contributed by atoms with van der Waals surface area (Å²) >= 11 is 1.42. The Morgan fingerprint density at radius 3 is 2.57 bits per heavy atom. The first kappa shape index (κ1) is 10.9. The molecule has 1 heterocycles. The second-order valence-electron chi connectivity index (χ2n) is 3.19. The zero-order chi connectivity index (χ0) is 10.6. The van der Waals surface area contributed by atoms with E-state index in [4.69, 9.17) is 0 Å². The maximum absolute atomic E-state index is 11.5. The minimum absolute atomic E-state index is 0.00472. The van der Waals surface area contributed by atoms with Crippen LogP contribution in [0.5, 0.6) is 0 Å². The maximum atomic E-state index is 11.5. The van der Waals surface area contributed by atoms with Crippen LogP contribution in [0.15, 0.2) is 17.5 Å². The van der Waals surface area contributed by atoms with Crippen LogP contribution in [-0.4, -0.2) is 30.7 Å². The third-order valence-corrected chi connectivity index (χ3v) is 2.77. The van der Waals surface area contributed by atoms with E-state index in [0.29, 0.717) is 12.8 Å². The monoisotopic (exact) mass is 211 g/mol. The van der Waals surface area contributed by atoms with E-state index in [1.807, 2.05) is 11.4 Å². The molecule has 1 aromatic rings. The van der Waals surface area contributed by atoms with Crippen LogP contribution < -0.4 is 0 Å². The standard InChI is InChI=1S/C10H13NO2S/c1-11(2)10(13)6-5-8(12)9-4-3-7-14-9/h3-4,7H,5-6H2,1-2H3. The number of carbonyl (C=O) groups excluding carboxylic acids is 2. The van der Waals surface area contributed by atoms with Gasteiger partial charge in [-0.2, -0.15) is 0 Å². The van der Waals surface area contributed by atoms with Crippen LogP contribution in [0.4, 0.5) is 0 Å². The lowest BCUT2D eigenvalue weighted by Gasteiger charge is -2.08. The summed E-state index contributed by atoms with van der Waals surface area (Å²) in [7, 11) is 3.38. The van der Waals surface area contributed by atoms with Crippen molar-refractivity contribution in [2.24, 2.45) is 0 Å². The molecule has 0 aliphatic heterocycles. The SMILES string of the molecule is CN(C)C(=O)CCC(=O)c1cccs1. The molecular formula is C10H13NO2S. The summed E-state index contributed by atoms with van der Waals surface area (Å²) in [6.45, 7) is 0. The maximum Gasteiger partial charge on any atom is 0.222 e. The highest BCUT2D eigenvalue weighted by Crippen LogP contribution is 2.12. The molecule has 0 bridgehead atoms. The highest BCUT2D eigenvalue weighted by atomic mass is 32.1. The van der Waals surface area contributed by atoms with Crippen LogP contribution in [0, 0.1) is 0 Å². The molecule has 0 atom stereocenters. The Morgan fingerprint density at radius 2 is 2.07 bits per heavy atom. The largest absolute Gasteiger partial charge is 0.349 e. The molecule has 0 spiro atoms. The number of hydrogen-bond acceptors (Lipinski definition) is 3. The molecule has 1 aromatic heterocycles. The van der Waals surface area contributed by atoms with Crippen molar-refractivity contribution in [2.75, 3.05) is 14.1 Å². The molecule has 4 heteroatoms. The molecule has 0 aromatic carbocycles. The lowest BCUT2D eigenvalue weighted by Crippen LogP contribution is -2.22. The predicted octanol–water partition coefficient (Wildman–Crippen LogP) is 1.80. The Hall–Kier alpha value is -1.16. The summed E-state index contributed by atoms with van der Waals surface area (Å²) < 4.78 is 0. The van der Waals surface area contributed by atoms with E-state index in [9.17, 15) is 9.59 Å². The summed E-state index contributed by atoms with van der Waals surface area (Å²) in [5, 5.41) is 1.86. The molecule has 0 aliphatic carbocycles. The van der Waals surface area contributed by atoms with E-state index < -0.39 is 0 Å². The van der Waals surface area contributed by atoms with Gasteiger partial charge in [0.25, 0.3) is 0 Å². The smallest absolute Gasteiger partial charge is 0.222 e. The summed E-state index contributed by atoms with van der Waals surface area (Å²) in [5.41, 5.74) is 0. The minimum Gasteiger partial charge on any atom is -0.349 e. The van der Waals surface area contributed by atoms with Gasteiger partial charge in [0.1, 0.15) is 0 Å². The van der Waals surface area contributed by atoms with E-state index in [-0.39, 0.29) is 11.7 Å². The third-order valence-electron chi connectivity index (χ3n) is 1.86. The highest BCUT2D eigenvalue weighted by molar-refractivity contribution is 7.12. The lowest BCUT2D eigenvalue weighted by atomic mass is 10.2. The summed E-state index contributed by atoms with van der Waals surface area (Å²) in [5.74, 6) is 0.0464. The molecule has 0 aliphatic rings. The second-order valence-corrected chi connectivity index (χ2v) is 4.14. The molecule has 0 fully saturated rings. The van der Waals surface area contributed by atoms with E-state index in [1.54, 1.807) is 20.2 Å². The van der Waals surface area contributed by atoms with Crippen molar-refractivity contribution in [3.05, 3.63) is 22.4 Å². The molecule has 0 saturated heterocycles. The molecular weight excluding hydrogens is 198 g/mol. The van der Waals surface area contributed by atoms with E-state index in [2.05, 4.69) is 0 Å². The topological polar surface area (TPSA) is 37.4 Å². The van der Waals surface area contributed by atoms with Crippen molar-refractivity contribution in [1.82, 2.24) is 4.90 Å². The fourth-order valence-electron chi connectivity index (χ4n) is 1.00. The minimum atomic E-state index is -0.00472. The van der Waals surface area contributed by atoms with E-state index in [0.717, 1.165) is 4.88 Å². The van der Waals surface area contributed by atoms with Gasteiger partial charge in [-0.3, -0.25) is 9.59 Å². The molecule has 1 amide bonds. The van der Waals surface area contributed by atoms with Crippen molar-refractivity contribution in [2.45, 2.75) is 12.8 Å². The fourth-order valence-corrected chi connectivity index (χ4v) is 1.70. The summed E-state index contributed by atoms with van der Waals surface area (Å²) in [4.78, 5) is 24.9. The van der Waals surface area contributed by atoms with E-state index in [1.165, 1.54) is 16.2 Å². The predicted molar refractivity (Wildman–Crippen MR) is 56.6 cm³/mol. The molecule has 3 nitrogen and oxygen atoms in total. The van der Waals surface area contributed by atoms with Gasteiger partial charge in [0, 0.05) is 26.9 Å². The van der Waals surface area contributed by atoms with Crippen LogP contribution in [-0.2, 0) is 4.79 Å². The first-order chi connectivity index (χ1) is 6.61. The number of ketones is 1. The number of amides is 1. The van der Waals surface area contributed by atoms with Gasteiger partial charge in [-0.25, -0.2) is 0 Å². The molecule has 0 radical (unpaired) electrons. The van der Waals surface area contributed by atoms with Gasteiger partial charge in [0.05, 0.1) is 4.88 Å². The second kappa shape index (κ2) is 4.91.